The zero-order chi connectivity index (χ0) is 17.7. The van der Waals surface area contributed by atoms with E-state index in [0.29, 0.717) is 17.4 Å². The third kappa shape index (κ3) is 4.89. The van der Waals surface area contributed by atoms with E-state index in [0.717, 1.165) is 44.5 Å². The molecule has 1 saturated heterocycles. The third-order valence-corrected chi connectivity index (χ3v) is 6.69. The largest absolute Gasteiger partial charge is 0.303 e. The first-order valence-corrected chi connectivity index (χ1v) is 10.6. The Morgan fingerprint density at radius 3 is 2.68 bits per heavy atom. The summed E-state index contributed by atoms with van der Waals surface area (Å²) in [5.74, 6) is 0.207. The second-order valence-electron chi connectivity index (χ2n) is 6.79. The average molecular weight is 362 g/mol. The van der Waals surface area contributed by atoms with Crippen LogP contribution in [0.2, 0.25) is 0 Å². The zero-order valence-corrected chi connectivity index (χ0v) is 15.5. The van der Waals surface area contributed by atoms with Gasteiger partial charge in [0.1, 0.15) is 0 Å². The number of aromatic nitrogens is 3. The summed E-state index contributed by atoms with van der Waals surface area (Å²) in [5.41, 5.74) is 1.07. The van der Waals surface area contributed by atoms with E-state index in [1.165, 1.54) is 0 Å². The van der Waals surface area contributed by atoms with Crippen LogP contribution in [0.15, 0.2) is 41.6 Å². The molecule has 0 spiro atoms. The van der Waals surface area contributed by atoms with E-state index in [-0.39, 0.29) is 5.75 Å². The first-order chi connectivity index (χ1) is 12.0. The van der Waals surface area contributed by atoms with Gasteiger partial charge in [0.25, 0.3) is 0 Å². The van der Waals surface area contributed by atoms with Crippen LogP contribution in [-0.2, 0) is 9.84 Å². The molecule has 2 aromatic rings. The van der Waals surface area contributed by atoms with E-state index in [2.05, 4.69) is 15.2 Å². The van der Waals surface area contributed by atoms with Crippen molar-refractivity contribution in [2.24, 2.45) is 0 Å². The van der Waals surface area contributed by atoms with Gasteiger partial charge in [-0.15, -0.1) is 5.10 Å². The highest BCUT2D eigenvalue weighted by Crippen LogP contribution is 2.21. The molecule has 2 heterocycles. The van der Waals surface area contributed by atoms with E-state index in [9.17, 15) is 8.42 Å². The Morgan fingerprint density at radius 2 is 1.96 bits per heavy atom. The van der Waals surface area contributed by atoms with Crippen LogP contribution in [0.5, 0.6) is 0 Å². The Kier molecular flexibility index (Phi) is 5.86. The Labute approximate surface area is 149 Å². The van der Waals surface area contributed by atoms with Gasteiger partial charge in [-0.25, -0.2) is 13.1 Å². The van der Waals surface area contributed by atoms with Crippen LogP contribution in [0, 0.1) is 6.92 Å². The van der Waals surface area contributed by atoms with Crippen molar-refractivity contribution in [2.75, 3.05) is 25.4 Å². The topological polar surface area (TPSA) is 68.1 Å². The lowest BCUT2D eigenvalue weighted by atomic mass is 10.1. The fourth-order valence-corrected chi connectivity index (χ4v) is 4.68. The molecule has 7 heteroatoms. The van der Waals surface area contributed by atoms with Gasteiger partial charge in [0, 0.05) is 12.7 Å². The molecule has 136 valence electrons. The number of sulfone groups is 1. The third-order valence-electron chi connectivity index (χ3n) is 4.87. The van der Waals surface area contributed by atoms with Gasteiger partial charge >= 0.3 is 0 Å². The lowest BCUT2D eigenvalue weighted by molar-refractivity contribution is 0.279. The number of benzene rings is 1. The van der Waals surface area contributed by atoms with Crippen LogP contribution in [-0.4, -0.2) is 53.7 Å². The SMILES string of the molecule is Cc1ccc(S(=O)(=O)CCCN2CCCC(n3ccnn3)CC2)cc1. The summed E-state index contributed by atoms with van der Waals surface area (Å²) in [6, 6.07) is 7.53. The molecular formula is C18H26N4O2S. The van der Waals surface area contributed by atoms with E-state index in [1.807, 2.05) is 29.9 Å². The molecule has 0 bridgehead atoms. The number of hydrogen-bond acceptors (Lipinski definition) is 5. The highest BCUT2D eigenvalue weighted by molar-refractivity contribution is 7.91. The number of nitrogens with zero attached hydrogens (tertiary/aromatic N) is 4. The van der Waals surface area contributed by atoms with E-state index in [1.54, 1.807) is 18.3 Å². The maximum absolute atomic E-state index is 12.4. The van der Waals surface area contributed by atoms with Gasteiger partial charge in [0.15, 0.2) is 9.84 Å². The van der Waals surface area contributed by atoms with Crippen molar-refractivity contribution in [2.45, 2.75) is 43.5 Å². The molecular weight excluding hydrogens is 336 g/mol. The summed E-state index contributed by atoms with van der Waals surface area (Å²) >= 11 is 0. The molecule has 1 fully saturated rings. The van der Waals surface area contributed by atoms with Gasteiger partial charge < -0.3 is 4.90 Å². The van der Waals surface area contributed by atoms with Crippen molar-refractivity contribution in [1.29, 1.82) is 0 Å². The van der Waals surface area contributed by atoms with Crippen LogP contribution >= 0.6 is 0 Å². The van der Waals surface area contributed by atoms with Crippen molar-refractivity contribution in [1.82, 2.24) is 19.9 Å². The number of rotatable bonds is 6. The van der Waals surface area contributed by atoms with E-state index in [4.69, 9.17) is 0 Å². The standard InChI is InChI=1S/C18H26N4O2S/c1-16-5-7-18(8-6-16)25(23,24)15-3-12-21-11-2-4-17(9-13-21)22-14-10-19-20-22/h5-8,10,14,17H,2-4,9,11-13,15H2,1H3. The van der Waals surface area contributed by atoms with Gasteiger partial charge in [0.05, 0.1) is 22.9 Å². The molecule has 1 atom stereocenters. The quantitative estimate of drug-likeness (QED) is 0.790. The smallest absolute Gasteiger partial charge is 0.178 e. The Balaban J connectivity index is 1.48. The van der Waals surface area contributed by atoms with Gasteiger partial charge in [-0.3, -0.25) is 0 Å². The van der Waals surface area contributed by atoms with Crippen LogP contribution in [0.1, 0.15) is 37.3 Å². The predicted molar refractivity (Wildman–Crippen MR) is 97.2 cm³/mol. The minimum absolute atomic E-state index is 0.207. The number of likely N-dealkylation sites (tertiary alicyclic amines) is 1. The van der Waals surface area contributed by atoms with Gasteiger partial charge in [-0.2, -0.15) is 0 Å². The Hall–Kier alpha value is -1.73. The molecule has 6 nitrogen and oxygen atoms in total. The minimum Gasteiger partial charge on any atom is -0.303 e. The maximum atomic E-state index is 12.4. The first-order valence-electron chi connectivity index (χ1n) is 8.92. The van der Waals surface area contributed by atoms with Crippen molar-refractivity contribution < 1.29 is 8.42 Å². The average Bonchev–Trinajstić information content (AvgIpc) is 3.02. The van der Waals surface area contributed by atoms with Crippen molar-refractivity contribution in [3.63, 3.8) is 0 Å². The molecule has 3 rings (SSSR count). The molecule has 0 amide bonds. The molecule has 0 N–H and O–H groups in total. The highest BCUT2D eigenvalue weighted by Gasteiger charge is 2.20. The molecule has 0 radical (unpaired) electrons. The highest BCUT2D eigenvalue weighted by atomic mass is 32.2. The fourth-order valence-electron chi connectivity index (χ4n) is 3.38. The lowest BCUT2D eigenvalue weighted by Crippen LogP contribution is -2.27. The maximum Gasteiger partial charge on any atom is 0.178 e. The molecule has 0 saturated carbocycles. The van der Waals surface area contributed by atoms with Gasteiger partial charge in [-0.1, -0.05) is 22.9 Å². The van der Waals surface area contributed by atoms with Gasteiger partial charge in [0.2, 0.25) is 0 Å². The zero-order valence-electron chi connectivity index (χ0n) is 14.7. The fraction of sp³-hybridized carbons (Fsp3) is 0.556. The molecule has 1 aromatic carbocycles. The monoisotopic (exact) mass is 362 g/mol. The summed E-state index contributed by atoms with van der Waals surface area (Å²) in [7, 11) is -3.18. The summed E-state index contributed by atoms with van der Waals surface area (Å²) in [6.45, 7) is 4.79. The first kappa shape index (κ1) is 18.1. The summed E-state index contributed by atoms with van der Waals surface area (Å²) < 4.78 is 26.8. The second-order valence-corrected chi connectivity index (χ2v) is 8.90. The Bertz CT molecular complexity index is 757. The summed E-state index contributed by atoms with van der Waals surface area (Å²) in [6.07, 6.45) is 7.56. The second kappa shape index (κ2) is 8.10. The van der Waals surface area contributed by atoms with Crippen LogP contribution in [0.3, 0.4) is 0 Å². The minimum atomic E-state index is -3.18. The van der Waals surface area contributed by atoms with Crippen LogP contribution in [0.4, 0.5) is 0 Å². The Morgan fingerprint density at radius 1 is 1.16 bits per heavy atom. The predicted octanol–water partition coefficient (Wildman–Crippen LogP) is 2.48. The number of hydrogen-bond donors (Lipinski definition) is 0. The summed E-state index contributed by atoms with van der Waals surface area (Å²) in [4.78, 5) is 2.81. The van der Waals surface area contributed by atoms with Gasteiger partial charge in [-0.05, 0) is 57.8 Å². The van der Waals surface area contributed by atoms with Crippen LogP contribution < -0.4 is 0 Å². The molecule has 1 aliphatic rings. The number of aryl methyl sites for hydroxylation is 1. The summed E-state index contributed by atoms with van der Waals surface area (Å²) in [5, 5.41) is 8.00. The lowest BCUT2D eigenvalue weighted by Gasteiger charge is -2.20. The molecule has 1 unspecified atom stereocenters. The van der Waals surface area contributed by atoms with Crippen LogP contribution in [0.25, 0.3) is 0 Å². The molecule has 1 aromatic heterocycles. The molecule has 1 aliphatic heterocycles. The van der Waals surface area contributed by atoms with E-state index < -0.39 is 9.84 Å². The van der Waals surface area contributed by atoms with E-state index >= 15 is 0 Å². The van der Waals surface area contributed by atoms with Crippen molar-refractivity contribution in [3.8, 4) is 0 Å². The normalized spacial score (nSPS) is 19.6. The molecule has 0 aliphatic carbocycles. The van der Waals surface area contributed by atoms with Crippen molar-refractivity contribution >= 4 is 9.84 Å². The molecule has 25 heavy (non-hydrogen) atoms. The van der Waals surface area contributed by atoms with Crippen molar-refractivity contribution in [3.05, 3.63) is 42.2 Å².